The summed E-state index contributed by atoms with van der Waals surface area (Å²) >= 11 is 0. The number of nitrogens with zero attached hydrogens (tertiary/aromatic N) is 2. The van der Waals surface area contributed by atoms with Crippen LogP contribution in [0.25, 0.3) is 0 Å². The molecular formula is C25H34F3N5O5S. The number of hydrogen-bond acceptors (Lipinski definition) is 5. The van der Waals surface area contributed by atoms with Gasteiger partial charge in [0.25, 0.3) is 10.2 Å². The van der Waals surface area contributed by atoms with E-state index in [0.717, 1.165) is 18.6 Å². The van der Waals surface area contributed by atoms with Gasteiger partial charge in [0.15, 0.2) is 0 Å². The molecule has 0 radical (unpaired) electrons. The molecule has 3 heterocycles. The van der Waals surface area contributed by atoms with Crippen LogP contribution in [0.3, 0.4) is 0 Å². The molecule has 3 saturated heterocycles. The summed E-state index contributed by atoms with van der Waals surface area (Å²) in [5, 5.41) is 5.41. The summed E-state index contributed by atoms with van der Waals surface area (Å²) in [5.74, 6) is -1.68. The van der Waals surface area contributed by atoms with Gasteiger partial charge in [-0.25, -0.2) is 0 Å². The number of benzene rings is 1. The molecule has 216 valence electrons. The first-order valence-electron chi connectivity index (χ1n) is 13.2. The Labute approximate surface area is 225 Å². The van der Waals surface area contributed by atoms with Crippen molar-refractivity contribution in [2.45, 2.75) is 69.8 Å². The van der Waals surface area contributed by atoms with E-state index in [1.807, 2.05) is 0 Å². The molecule has 1 aromatic carbocycles. The Kier molecular flexibility index (Phi) is 9.17. The fourth-order valence-electron chi connectivity index (χ4n) is 5.32. The van der Waals surface area contributed by atoms with Gasteiger partial charge in [0.2, 0.25) is 17.7 Å². The van der Waals surface area contributed by atoms with E-state index in [1.165, 1.54) is 21.3 Å². The smallest absolute Gasteiger partial charge is 0.355 e. The molecule has 39 heavy (non-hydrogen) atoms. The molecule has 0 saturated carbocycles. The van der Waals surface area contributed by atoms with E-state index >= 15 is 0 Å². The number of halogens is 3. The monoisotopic (exact) mass is 573 g/mol. The summed E-state index contributed by atoms with van der Waals surface area (Å²) in [6.45, 7) is 1.07. The zero-order valence-corrected chi connectivity index (χ0v) is 22.3. The van der Waals surface area contributed by atoms with Crippen LogP contribution in [-0.4, -0.2) is 73.6 Å². The Morgan fingerprint density at radius 1 is 1.00 bits per heavy atom. The van der Waals surface area contributed by atoms with Gasteiger partial charge >= 0.3 is 6.18 Å². The largest absolute Gasteiger partial charge is 0.416 e. The van der Waals surface area contributed by atoms with Gasteiger partial charge in [-0.3, -0.25) is 14.4 Å². The normalized spacial score (nSPS) is 25.2. The molecule has 3 amide bonds. The minimum atomic E-state index is -4.44. The average Bonchev–Trinajstić information content (AvgIpc) is 3.32. The SMILES string of the molecule is O=C(NCc1ccc(C(F)(F)F)cc1)[C@H]1CCCN1C(=O)[C@H]1CCCN(S(=O)(=O)N[C@@H]2CCCCNC2=O)C1. The second kappa shape index (κ2) is 12.2. The second-order valence-electron chi connectivity index (χ2n) is 10.3. The summed E-state index contributed by atoms with van der Waals surface area (Å²) in [7, 11) is -4.00. The standard InChI is InChI=1S/C25H34F3N5O5S/c26-25(27,28)19-10-8-17(9-11-19)15-30-23(35)21-7-4-14-33(21)24(36)18-5-3-13-32(16-18)39(37,38)31-20-6-1-2-12-29-22(20)34/h8-11,18,20-21,31H,1-7,12-16H2,(H,29,34)(H,30,35)/t18-,20+,21+/m0/s1. The van der Waals surface area contributed by atoms with Crippen molar-refractivity contribution in [1.82, 2.24) is 24.6 Å². The van der Waals surface area contributed by atoms with E-state index < -0.39 is 45.9 Å². The summed E-state index contributed by atoms with van der Waals surface area (Å²) < 4.78 is 68.1. The number of carbonyl (C=O) groups is 3. The summed E-state index contributed by atoms with van der Waals surface area (Å²) in [6, 6.07) is 2.91. The van der Waals surface area contributed by atoms with Crippen LogP contribution in [0, 0.1) is 5.92 Å². The lowest BCUT2D eigenvalue weighted by Crippen LogP contribution is -2.55. The molecule has 3 N–H and O–H groups in total. The molecule has 14 heteroatoms. The summed E-state index contributed by atoms with van der Waals surface area (Å²) in [6.07, 6.45) is -0.560. The quantitative estimate of drug-likeness (QED) is 0.456. The number of hydrogen-bond donors (Lipinski definition) is 3. The van der Waals surface area contributed by atoms with Crippen molar-refractivity contribution in [3.05, 3.63) is 35.4 Å². The van der Waals surface area contributed by atoms with Gasteiger partial charge in [0.1, 0.15) is 12.1 Å². The maximum Gasteiger partial charge on any atom is 0.416 e. The van der Waals surface area contributed by atoms with E-state index in [-0.39, 0.29) is 31.4 Å². The third-order valence-electron chi connectivity index (χ3n) is 7.49. The van der Waals surface area contributed by atoms with Gasteiger partial charge in [-0.1, -0.05) is 12.1 Å². The van der Waals surface area contributed by atoms with Crippen LogP contribution in [0.15, 0.2) is 24.3 Å². The Balaban J connectivity index is 1.34. The van der Waals surface area contributed by atoms with Crippen molar-refractivity contribution in [2.24, 2.45) is 5.92 Å². The first kappa shape index (κ1) is 29.3. The molecule has 3 aliphatic heterocycles. The third kappa shape index (κ3) is 7.28. The first-order chi connectivity index (χ1) is 18.5. The molecule has 4 rings (SSSR count). The summed E-state index contributed by atoms with van der Waals surface area (Å²) in [5.41, 5.74) is -0.281. The van der Waals surface area contributed by atoms with Crippen molar-refractivity contribution < 1.29 is 36.0 Å². The fourth-order valence-corrected chi connectivity index (χ4v) is 6.80. The number of carbonyl (C=O) groups excluding carboxylic acids is 3. The van der Waals surface area contributed by atoms with Crippen LogP contribution >= 0.6 is 0 Å². The zero-order chi connectivity index (χ0) is 28.2. The molecule has 0 aromatic heterocycles. The molecular weight excluding hydrogens is 539 g/mol. The van der Waals surface area contributed by atoms with Crippen LogP contribution in [0.5, 0.6) is 0 Å². The molecule has 0 bridgehead atoms. The predicted molar refractivity (Wildman–Crippen MR) is 135 cm³/mol. The van der Waals surface area contributed by atoms with Crippen molar-refractivity contribution in [3.8, 4) is 0 Å². The highest BCUT2D eigenvalue weighted by Crippen LogP contribution is 2.29. The van der Waals surface area contributed by atoms with Gasteiger partial charge in [-0.2, -0.15) is 30.6 Å². The molecule has 0 aliphatic carbocycles. The van der Waals surface area contributed by atoms with Crippen LogP contribution in [-0.2, 0) is 37.3 Å². The Bertz CT molecular complexity index is 1160. The lowest BCUT2D eigenvalue weighted by Gasteiger charge is -2.35. The number of likely N-dealkylation sites (tertiary alicyclic amines) is 1. The highest BCUT2D eigenvalue weighted by atomic mass is 32.2. The van der Waals surface area contributed by atoms with E-state index in [2.05, 4.69) is 15.4 Å². The number of alkyl halides is 3. The maximum absolute atomic E-state index is 13.4. The third-order valence-corrected chi connectivity index (χ3v) is 9.08. The maximum atomic E-state index is 13.4. The minimum Gasteiger partial charge on any atom is -0.355 e. The second-order valence-corrected chi connectivity index (χ2v) is 12.0. The topological polar surface area (TPSA) is 128 Å². The van der Waals surface area contributed by atoms with Crippen molar-refractivity contribution in [2.75, 3.05) is 26.2 Å². The molecule has 0 unspecified atom stereocenters. The van der Waals surface area contributed by atoms with Gasteiger partial charge in [-0.15, -0.1) is 0 Å². The predicted octanol–water partition coefficient (Wildman–Crippen LogP) is 1.53. The van der Waals surface area contributed by atoms with Gasteiger partial charge in [-0.05, 0) is 62.6 Å². The van der Waals surface area contributed by atoms with Gasteiger partial charge < -0.3 is 15.5 Å². The van der Waals surface area contributed by atoms with Crippen LogP contribution < -0.4 is 15.4 Å². The lowest BCUT2D eigenvalue weighted by molar-refractivity contribution is -0.142. The van der Waals surface area contributed by atoms with Gasteiger partial charge in [0, 0.05) is 32.7 Å². The van der Waals surface area contributed by atoms with E-state index in [0.29, 0.717) is 57.2 Å². The fraction of sp³-hybridized carbons (Fsp3) is 0.640. The highest BCUT2D eigenvalue weighted by molar-refractivity contribution is 7.87. The van der Waals surface area contributed by atoms with Crippen LogP contribution in [0.4, 0.5) is 13.2 Å². The van der Waals surface area contributed by atoms with Crippen LogP contribution in [0.1, 0.15) is 56.1 Å². The number of rotatable bonds is 7. The van der Waals surface area contributed by atoms with E-state index in [4.69, 9.17) is 0 Å². The lowest BCUT2D eigenvalue weighted by atomic mass is 9.97. The highest BCUT2D eigenvalue weighted by Gasteiger charge is 2.41. The molecule has 3 aliphatic rings. The zero-order valence-electron chi connectivity index (χ0n) is 21.5. The van der Waals surface area contributed by atoms with Crippen LogP contribution in [0.2, 0.25) is 0 Å². The molecule has 3 fully saturated rings. The van der Waals surface area contributed by atoms with Gasteiger partial charge in [0.05, 0.1) is 11.5 Å². The van der Waals surface area contributed by atoms with Crippen molar-refractivity contribution >= 4 is 27.9 Å². The molecule has 0 spiro atoms. The minimum absolute atomic E-state index is 0.0192. The summed E-state index contributed by atoms with van der Waals surface area (Å²) in [4.78, 5) is 40.0. The molecule has 3 atom stereocenters. The molecule has 1 aromatic rings. The van der Waals surface area contributed by atoms with E-state index in [9.17, 15) is 36.0 Å². The Morgan fingerprint density at radius 3 is 2.44 bits per heavy atom. The number of amides is 3. The van der Waals surface area contributed by atoms with E-state index in [1.54, 1.807) is 0 Å². The number of nitrogens with one attached hydrogen (secondary N) is 3. The number of piperidine rings is 1. The Morgan fingerprint density at radius 2 is 1.72 bits per heavy atom. The average molecular weight is 574 g/mol. The molecule has 10 nitrogen and oxygen atoms in total. The van der Waals surface area contributed by atoms with Crippen molar-refractivity contribution in [1.29, 1.82) is 0 Å². The van der Waals surface area contributed by atoms with Crippen molar-refractivity contribution in [3.63, 3.8) is 0 Å². The Hall–Kier alpha value is -2.71. The first-order valence-corrected chi connectivity index (χ1v) is 14.7.